The van der Waals surface area contributed by atoms with Gasteiger partial charge in [0.25, 0.3) is 5.91 Å². The minimum Gasteiger partial charge on any atom is -0.493 e. The zero-order chi connectivity index (χ0) is 17.5. The van der Waals surface area contributed by atoms with Gasteiger partial charge in [-0.05, 0) is 49.3 Å². The minimum atomic E-state index is -0.554. The zero-order valence-corrected chi connectivity index (χ0v) is 15.2. The largest absolute Gasteiger partial charge is 0.493 e. The summed E-state index contributed by atoms with van der Waals surface area (Å²) in [7, 11) is 1.55. The molecule has 0 radical (unpaired) electrons. The molecular weight excluding hydrogens is 328 g/mol. The first-order valence-corrected chi connectivity index (χ1v) is 8.92. The highest BCUT2D eigenvalue weighted by Gasteiger charge is 2.20. The molecule has 0 unspecified atom stereocenters. The van der Waals surface area contributed by atoms with Gasteiger partial charge in [0, 0.05) is 12.6 Å². The molecule has 0 saturated heterocycles. The van der Waals surface area contributed by atoms with Crippen molar-refractivity contribution in [3.63, 3.8) is 0 Å². The number of rotatable bonds is 8. The van der Waals surface area contributed by atoms with Crippen LogP contribution in [0.5, 0.6) is 11.5 Å². The maximum atomic E-state index is 10.9. The average molecular weight is 355 g/mol. The van der Waals surface area contributed by atoms with Gasteiger partial charge in [-0.2, -0.15) is 0 Å². The van der Waals surface area contributed by atoms with E-state index in [1.807, 2.05) is 12.1 Å². The molecule has 134 valence electrons. The van der Waals surface area contributed by atoms with Crippen LogP contribution >= 0.6 is 11.6 Å². The Labute approximate surface area is 148 Å². The molecule has 1 aliphatic rings. The molecular formula is C18H27ClN2O3. The summed E-state index contributed by atoms with van der Waals surface area (Å²) in [5.74, 6) is 1.20. The van der Waals surface area contributed by atoms with E-state index in [2.05, 4.69) is 12.2 Å². The number of amides is 1. The van der Waals surface area contributed by atoms with Gasteiger partial charge in [0.2, 0.25) is 0 Å². The molecule has 1 fully saturated rings. The Bertz CT molecular complexity index is 557. The average Bonchev–Trinajstić information content (AvgIpc) is 2.58. The lowest BCUT2D eigenvalue weighted by Gasteiger charge is -2.28. The third-order valence-electron chi connectivity index (χ3n) is 4.67. The van der Waals surface area contributed by atoms with Gasteiger partial charge in [-0.15, -0.1) is 0 Å². The maximum absolute atomic E-state index is 10.9. The summed E-state index contributed by atoms with van der Waals surface area (Å²) < 4.78 is 10.7. The van der Waals surface area contributed by atoms with Gasteiger partial charge in [-0.25, -0.2) is 0 Å². The molecule has 1 aliphatic carbocycles. The fourth-order valence-corrected chi connectivity index (χ4v) is 3.48. The number of hydrogen-bond acceptors (Lipinski definition) is 4. The first-order chi connectivity index (χ1) is 11.5. The second kappa shape index (κ2) is 9.14. The molecule has 1 aromatic rings. The summed E-state index contributed by atoms with van der Waals surface area (Å²) in [4.78, 5) is 10.9. The van der Waals surface area contributed by atoms with Crippen LogP contribution in [0.4, 0.5) is 0 Å². The van der Waals surface area contributed by atoms with Gasteiger partial charge in [0.05, 0.1) is 12.1 Å². The van der Waals surface area contributed by atoms with Crippen molar-refractivity contribution in [2.45, 2.75) is 51.6 Å². The number of hydrogen-bond donors (Lipinski definition) is 2. The number of carbonyl (C=O) groups excluding carboxylic acids is 1. The third kappa shape index (κ3) is 5.28. The molecule has 24 heavy (non-hydrogen) atoms. The second-order valence-electron chi connectivity index (χ2n) is 6.37. The highest BCUT2D eigenvalue weighted by molar-refractivity contribution is 6.32. The molecule has 0 aromatic heterocycles. The van der Waals surface area contributed by atoms with Crippen LogP contribution in [-0.4, -0.2) is 25.7 Å². The molecule has 1 saturated carbocycles. The first-order valence-electron chi connectivity index (χ1n) is 8.54. The van der Waals surface area contributed by atoms with E-state index in [1.54, 1.807) is 7.11 Å². The topological polar surface area (TPSA) is 73.6 Å². The van der Waals surface area contributed by atoms with Crippen LogP contribution in [0.25, 0.3) is 0 Å². The molecule has 0 bridgehead atoms. The van der Waals surface area contributed by atoms with Crippen molar-refractivity contribution in [2.24, 2.45) is 11.7 Å². The van der Waals surface area contributed by atoms with Gasteiger partial charge in [0.15, 0.2) is 18.1 Å². The molecule has 0 atom stereocenters. The number of halogens is 1. The highest BCUT2D eigenvalue weighted by Crippen LogP contribution is 2.36. The zero-order valence-electron chi connectivity index (χ0n) is 14.4. The van der Waals surface area contributed by atoms with Crippen molar-refractivity contribution < 1.29 is 14.3 Å². The molecule has 0 heterocycles. The Hall–Kier alpha value is -1.46. The van der Waals surface area contributed by atoms with E-state index < -0.39 is 5.91 Å². The summed E-state index contributed by atoms with van der Waals surface area (Å²) in [5, 5.41) is 4.02. The fraction of sp³-hybridized carbons (Fsp3) is 0.611. The van der Waals surface area contributed by atoms with Crippen molar-refractivity contribution in [1.29, 1.82) is 0 Å². The molecule has 1 aromatic carbocycles. The minimum absolute atomic E-state index is 0.228. The highest BCUT2D eigenvalue weighted by atomic mass is 35.5. The predicted octanol–water partition coefficient (Wildman–Crippen LogP) is 3.27. The number of nitrogens with two attached hydrogens (primary N) is 1. The normalized spacial score (nSPS) is 20.6. The van der Waals surface area contributed by atoms with Crippen LogP contribution in [0.3, 0.4) is 0 Å². The summed E-state index contributed by atoms with van der Waals surface area (Å²) >= 11 is 6.27. The van der Waals surface area contributed by atoms with Crippen LogP contribution in [-0.2, 0) is 11.3 Å². The van der Waals surface area contributed by atoms with Crippen LogP contribution in [0.15, 0.2) is 12.1 Å². The van der Waals surface area contributed by atoms with Crippen LogP contribution in [0, 0.1) is 5.92 Å². The van der Waals surface area contributed by atoms with E-state index in [9.17, 15) is 4.79 Å². The van der Waals surface area contributed by atoms with E-state index in [4.69, 9.17) is 26.8 Å². The molecule has 0 aliphatic heterocycles. The number of nitrogens with one attached hydrogen (secondary N) is 1. The Morgan fingerprint density at radius 2 is 2.04 bits per heavy atom. The van der Waals surface area contributed by atoms with Gasteiger partial charge in [-0.3, -0.25) is 4.79 Å². The Morgan fingerprint density at radius 3 is 2.62 bits per heavy atom. The van der Waals surface area contributed by atoms with E-state index in [0.29, 0.717) is 22.6 Å². The third-order valence-corrected chi connectivity index (χ3v) is 4.95. The molecule has 2 rings (SSSR count). The van der Waals surface area contributed by atoms with E-state index in [0.717, 1.165) is 18.0 Å². The monoisotopic (exact) mass is 354 g/mol. The Balaban J connectivity index is 1.96. The lowest BCUT2D eigenvalue weighted by atomic mass is 9.84. The number of primary amides is 1. The SMILES string of the molecule is CCC1CCC(NCc2cc(Cl)c(OCC(N)=O)c(OC)c2)CC1. The quantitative estimate of drug-likeness (QED) is 0.751. The maximum Gasteiger partial charge on any atom is 0.255 e. The molecule has 5 nitrogen and oxygen atoms in total. The van der Waals surface area contributed by atoms with Crippen molar-refractivity contribution in [1.82, 2.24) is 5.32 Å². The van der Waals surface area contributed by atoms with Gasteiger partial charge >= 0.3 is 0 Å². The van der Waals surface area contributed by atoms with Gasteiger partial charge < -0.3 is 20.5 Å². The van der Waals surface area contributed by atoms with Crippen LogP contribution in [0.1, 0.15) is 44.6 Å². The lowest BCUT2D eigenvalue weighted by Crippen LogP contribution is -2.32. The van der Waals surface area contributed by atoms with Crippen molar-refractivity contribution in [2.75, 3.05) is 13.7 Å². The van der Waals surface area contributed by atoms with Crippen molar-refractivity contribution in [3.8, 4) is 11.5 Å². The van der Waals surface area contributed by atoms with Crippen LogP contribution < -0.4 is 20.5 Å². The standard InChI is InChI=1S/C18H27ClN2O3/c1-3-12-4-6-14(7-5-12)21-10-13-8-15(19)18(16(9-13)23-2)24-11-17(20)22/h8-9,12,14,21H,3-7,10-11H2,1-2H3,(H2,20,22). The number of ether oxygens (including phenoxy) is 2. The smallest absolute Gasteiger partial charge is 0.255 e. The summed E-state index contributed by atoms with van der Waals surface area (Å²) in [5.41, 5.74) is 6.13. The predicted molar refractivity (Wildman–Crippen MR) is 95.6 cm³/mol. The molecule has 6 heteroatoms. The Morgan fingerprint density at radius 1 is 1.33 bits per heavy atom. The Kier molecular flexibility index (Phi) is 7.18. The van der Waals surface area contributed by atoms with E-state index in [1.165, 1.54) is 32.1 Å². The van der Waals surface area contributed by atoms with Gasteiger partial charge in [-0.1, -0.05) is 24.9 Å². The van der Waals surface area contributed by atoms with Crippen molar-refractivity contribution in [3.05, 3.63) is 22.7 Å². The van der Waals surface area contributed by atoms with E-state index in [-0.39, 0.29) is 6.61 Å². The molecule has 3 N–H and O–H groups in total. The lowest BCUT2D eigenvalue weighted by molar-refractivity contribution is -0.119. The fourth-order valence-electron chi connectivity index (χ4n) is 3.20. The van der Waals surface area contributed by atoms with Crippen LogP contribution in [0.2, 0.25) is 5.02 Å². The summed E-state index contributed by atoms with van der Waals surface area (Å²) in [6, 6.07) is 4.28. The summed E-state index contributed by atoms with van der Waals surface area (Å²) in [6.45, 7) is 2.77. The number of methoxy groups -OCH3 is 1. The number of carbonyl (C=O) groups is 1. The first kappa shape index (κ1) is 18.9. The van der Waals surface area contributed by atoms with E-state index >= 15 is 0 Å². The summed E-state index contributed by atoms with van der Waals surface area (Å²) in [6.07, 6.45) is 6.34. The van der Waals surface area contributed by atoms with Gasteiger partial charge in [0.1, 0.15) is 0 Å². The van der Waals surface area contributed by atoms with Crippen molar-refractivity contribution >= 4 is 17.5 Å². The molecule has 0 spiro atoms. The number of benzene rings is 1. The second-order valence-corrected chi connectivity index (χ2v) is 6.78. The molecule has 1 amide bonds.